The molecule has 17 heavy (non-hydrogen) atoms. The smallest absolute Gasteiger partial charge is 0.268 e. The molecule has 2 rings (SSSR count). The van der Waals surface area contributed by atoms with E-state index in [4.69, 9.17) is 0 Å². The van der Waals surface area contributed by atoms with Gasteiger partial charge in [-0.25, -0.2) is 8.78 Å². The van der Waals surface area contributed by atoms with E-state index < -0.39 is 21.8 Å². The fraction of sp³-hybridized carbons (Fsp3) is 0.400. The van der Waals surface area contributed by atoms with Crippen molar-refractivity contribution in [1.29, 1.82) is 0 Å². The second-order valence-corrected chi connectivity index (χ2v) is 5.51. The predicted molar refractivity (Wildman–Crippen MR) is 59.7 cm³/mol. The third-order valence-electron chi connectivity index (χ3n) is 2.58. The Labute approximate surface area is 98.4 Å². The summed E-state index contributed by atoms with van der Waals surface area (Å²) in [6.45, 7) is 0.857. The summed E-state index contributed by atoms with van der Waals surface area (Å²) < 4.78 is 52.9. The van der Waals surface area contributed by atoms with Crippen molar-refractivity contribution in [3.8, 4) is 0 Å². The van der Waals surface area contributed by atoms with E-state index in [0.29, 0.717) is 19.2 Å². The van der Waals surface area contributed by atoms with E-state index in [2.05, 4.69) is 4.72 Å². The fourth-order valence-electron chi connectivity index (χ4n) is 1.70. The minimum absolute atomic E-state index is 0.238. The molecular formula is C10H12F2N2O2S. The van der Waals surface area contributed by atoms with Crippen molar-refractivity contribution in [3.05, 3.63) is 29.8 Å². The first-order valence-corrected chi connectivity index (χ1v) is 6.66. The molecule has 1 aliphatic heterocycles. The highest BCUT2D eigenvalue weighted by Gasteiger charge is 2.25. The maximum Gasteiger partial charge on any atom is 0.301 e. The highest BCUT2D eigenvalue weighted by Crippen LogP contribution is 2.19. The van der Waals surface area contributed by atoms with Crippen LogP contribution in [0.3, 0.4) is 0 Å². The van der Waals surface area contributed by atoms with E-state index in [1.165, 1.54) is 4.31 Å². The van der Waals surface area contributed by atoms with Crippen LogP contribution >= 0.6 is 0 Å². The molecule has 1 aliphatic rings. The lowest BCUT2D eigenvalue weighted by Crippen LogP contribution is -2.33. The van der Waals surface area contributed by atoms with Crippen LogP contribution in [0.15, 0.2) is 18.2 Å². The number of halogens is 2. The van der Waals surface area contributed by atoms with E-state index in [1.54, 1.807) is 0 Å². The highest BCUT2D eigenvalue weighted by atomic mass is 32.2. The molecule has 0 spiro atoms. The lowest BCUT2D eigenvalue weighted by atomic mass is 10.3. The lowest BCUT2D eigenvalue weighted by Gasteiger charge is -2.17. The molecule has 7 heteroatoms. The highest BCUT2D eigenvalue weighted by molar-refractivity contribution is 7.90. The van der Waals surface area contributed by atoms with Gasteiger partial charge >= 0.3 is 10.2 Å². The maximum absolute atomic E-state index is 13.3. The summed E-state index contributed by atoms with van der Waals surface area (Å²) >= 11 is 0. The zero-order chi connectivity index (χ0) is 12.5. The standard InChI is InChI=1S/C10H12F2N2O2S/c11-8-3-4-10(9(12)7-8)13-17(15,16)14-5-1-2-6-14/h3-4,7,13H,1-2,5-6H2. The van der Waals surface area contributed by atoms with Crippen LogP contribution in [-0.4, -0.2) is 25.8 Å². The van der Waals surface area contributed by atoms with Gasteiger partial charge in [-0.3, -0.25) is 4.72 Å². The molecule has 0 aromatic heterocycles. The van der Waals surface area contributed by atoms with Gasteiger partial charge in [-0.2, -0.15) is 12.7 Å². The Morgan fingerprint density at radius 3 is 2.41 bits per heavy atom. The topological polar surface area (TPSA) is 49.4 Å². The molecule has 0 amide bonds. The zero-order valence-corrected chi connectivity index (χ0v) is 9.80. The molecule has 4 nitrogen and oxygen atoms in total. The van der Waals surface area contributed by atoms with Crippen LogP contribution in [0.25, 0.3) is 0 Å². The molecule has 0 saturated carbocycles. The maximum atomic E-state index is 13.3. The molecular weight excluding hydrogens is 250 g/mol. The van der Waals surface area contributed by atoms with E-state index in [1.807, 2.05) is 0 Å². The molecule has 1 saturated heterocycles. The molecule has 1 N–H and O–H groups in total. The zero-order valence-electron chi connectivity index (χ0n) is 8.99. The third kappa shape index (κ3) is 2.73. The van der Waals surface area contributed by atoms with Crippen molar-refractivity contribution in [1.82, 2.24) is 4.31 Å². The van der Waals surface area contributed by atoms with Crippen LogP contribution in [-0.2, 0) is 10.2 Å². The number of nitrogens with zero attached hydrogens (tertiary/aromatic N) is 1. The van der Waals surface area contributed by atoms with E-state index in [9.17, 15) is 17.2 Å². The Kier molecular flexibility index (Phi) is 3.30. The molecule has 1 heterocycles. The quantitative estimate of drug-likeness (QED) is 0.901. The number of hydrogen-bond acceptors (Lipinski definition) is 2. The second kappa shape index (κ2) is 4.58. The average Bonchev–Trinajstić information content (AvgIpc) is 2.76. The molecule has 1 aromatic rings. The number of hydrogen-bond donors (Lipinski definition) is 1. The first-order chi connectivity index (χ1) is 7.99. The number of nitrogens with one attached hydrogen (secondary N) is 1. The summed E-state index contributed by atoms with van der Waals surface area (Å²) in [5.41, 5.74) is -0.238. The van der Waals surface area contributed by atoms with E-state index in [-0.39, 0.29) is 5.69 Å². The molecule has 94 valence electrons. The van der Waals surface area contributed by atoms with Crippen LogP contribution in [0.5, 0.6) is 0 Å². The molecule has 1 fully saturated rings. The monoisotopic (exact) mass is 262 g/mol. The van der Waals surface area contributed by atoms with Crippen molar-refractivity contribution in [3.63, 3.8) is 0 Å². The van der Waals surface area contributed by atoms with Crippen LogP contribution in [0.4, 0.5) is 14.5 Å². The first kappa shape index (κ1) is 12.3. The molecule has 1 aromatic carbocycles. The van der Waals surface area contributed by atoms with E-state index >= 15 is 0 Å². The minimum atomic E-state index is -3.73. The first-order valence-electron chi connectivity index (χ1n) is 5.22. The molecule has 0 aliphatic carbocycles. The van der Waals surface area contributed by atoms with Gasteiger partial charge in [-0.05, 0) is 25.0 Å². The van der Waals surface area contributed by atoms with Crippen molar-refractivity contribution in [2.75, 3.05) is 17.8 Å². The van der Waals surface area contributed by atoms with Crippen molar-refractivity contribution >= 4 is 15.9 Å². The summed E-state index contributed by atoms with van der Waals surface area (Å²) in [4.78, 5) is 0. The number of benzene rings is 1. The van der Waals surface area contributed by atoms with Gasteiger partial charge in [0.1, 0.15) is 11.6 Å². The van der Waals surface area contributed by atoms with Gasteiger partial charge in [0.05, 0.1) is 5.69 Å². The summed E-state index contributed by atoms with van der Waals surface area (Å²) in [5, 5.41) is 0. The summed E-state index contributed by atoms with van der Waals surface area (Å²) in [5.74, 6) is -1.67. The van der Waals surface area contributed by atoms with E-state index in [0.717, 1.165) is 25.0 Å². The largest absolute Gasteiger partial charge is 0.301 e. The van der Waals surface area contributed by atoms with Gasteiger partial charge < -0.3 is 0 Å². The third-order valence-corrected chi connectivity index (χ3v) is 4.10. The minimum Gasteiger partial charge on any atom is -0.268 e. The van der Waals surface area contributed by atoms with Gasteiger partial charge in [-0.15, -0.1) is 0 Å². The number of anilines is 1. The number of rotatable bonds is 3. The van der Waals surface area contributed by atoms with Gasteiger partial charge in [0.15, 0.2) is 0 Å². The van der Waals surface area contributed by atoms with Gasteiger partial charge in [0, 0.05) is 19.2 Å². The van der Waals surface area contributed by atoms with Gasteiger partial charge in [-0.1, -0.05) is 0 Å². The molecule has 0 radical (unpaired) electrons. The Balaban J connectivity index is 2.19. The second-order valence-electron chi connectivity index (χ2n) is 3.84. The fourth-order valence-corrected chi connectivity index (χ4v) is 3.02. The van der Waals surface area contributed by atoms with Crippen LogP contribution in [0, 0.1) is 11.6 Å². The Morgan fingerprint density at radius 1 is 1.18 bits per heavy atom. The summed E-state index contributed by atoms with van der Waals surface area (Å²) in [7, 11) is -3.73. The van der Waals surface area contributed by atoms with Crippen molar-refractivity contribution < 1.29 is 17.2 Å². The summed E-state index contributed by atoms with van der Waals surface area (Å²) in [6, 6.07) is 2.71. The molecule has 0 atom stereocenters. The Hall–Kier alpha value is -1.21. The van der Waals surface area contributed by atoms with Crippen LogP contribution in [0.2, 0.25) is 0 Å². The van der Waals surface area contributed by atoms with Gasteiger partial charge in [0.25, 0.3) is 0 Å². The molecule has 0 unspecified atom stereocenters. The van der Waals surface area contributed by atoms with Crippen molar-refractivity contribution in [2.45, 2.75) is 12.8 Å². The lowest BCUT2D eigenvalue weighted by molar-refractivity contribution is 0.482. The van der Waals surface area contributed by atoms with Crippen LogP contribution < -0.4 is 4.72 Å². The Morgan fingerprint density at radius 2 is 1.82 bits per heavy atom. The van der Waals surface area contributed by atoms with Gasteiger partial charge in [0.2, 0.25) is 0 Å². The Bertz CT molecular complexity index is 513. The summed E-state index contributed by atoms with van der Waals surface area (Å²) in [6.07, 6.45) is 1.60. The predicted octanol–water partition coefficient (Wildman–Crippen LogP) is 1.72. The normalized spacial score (nSPS) is 17.3. The van der Waals surface area contributed by atoms with Crippen molar-refractivity contribution in [2.24, 2.45) is 0 Å². The van der Waals surface area contributed by atoms with Crippen LogP contribution in [0.1, 0.15) is 12.8 Å². The average molecular weight is 262 g/mol. The molecule has 0 bridgehead atoms. The SMILES string of the molecule is O=S(=O)(Nc1ccc(F)cc1F)N1CCCC1.